The largest absolute Gasteiger partial charge is 0.371 e. The Kier molecular flexibility index (Phi) is 5.12. The van der Waals surface area contributed by atoms with E-state index in [1.165, 1.54) is 16.6 Å². The van der Waals surface area contributed by atoms with Gasteiger partial charge in [0.05, 0.1) is 23.5 Å². The number of hydrogen-bond donors (Lipinski definition) is 1. The maximum Gasteiger partial charge on any atom is 0.0991 e. The van der Waals surface area contributed by atoms with Crippen molar-refractivity contribution in [2.75, 3.05) is 18.0 Å². The molecule has 24 heavy (non-hydrogen) atoms. The van der Waals surface area contributed by atoms with Crippen LogP contribution >= 0.6 is 0 Å². The van der Waals surface area contributed by atoms with E-state index in [0.29, 0.717) is 0 Å². The number of aromatic amines is 1. The second kappa shape index (κ2) is 7.65. The maximum atomic E-state index is 9.07. The van der Waals surface area contributed by atoms with Gasteiger partial charge in [-0.05, 0) is 62.1 Å². The Morgan fingerprint density at radius 2 is 2.17 bits per heavy atom. The summed E-state index contributed by atoms with van der Waals surface area (Å²) in [6.07, 6.45) is 9.09. The monoisotopic (exact) mass is 318 g/mol. The summed E-state index contributed by atoms with van der Waals surface area (Å²) in [6, 6.07) is 12.1. The molecule has 0 aliphatic carbocycles. The standard InChI is InChI=1S/C20H22N4/c1-2-24(18-7-5-10-22-15-18)11-4-3-6-17-14-23-20-9-8-16(13-21)12-19(17)20/h5,7-10,12,14-15,23H,2-4,6,11H2,1H3. The Balaban J connectivity index is 1.58. The van der Waals surface area contributed by atoms with Gasteiger partial charge in [0.15, 0.2) is 0 Å². The fourth-order valence-corrected chi connectivity index (χ4v) is 3.08. The molecular formula is C20H22N4. The molecular weight excluding hydrogens is 296 g/mol. The molecule has 1 aromatic carbocycles. The van der Waals surface area contributed by atoms with Crippen LogP contribution in [0.5, 0.6) is 0 Å². The van der Waals surface area contributed by atoms with Crippen molar-refractivity contribution < 1.29 is 0 Å². The van der Waals surface area contributed by atoms with Gasteiger partial charge in [-0.3, -0.25) is 4.98 Å². The van der Waals surface area contributed by atoms with Crippen LogP contribution in [-0.2, 0) is 6.42 Å². The Morgan fingerprint density at radius 1 is 1.25 bits per heavy atom. The van der Waals surface area contributed by atoms with E-state index >= 15 is 0 Å². The van der Waals surface area contributed by atoms with Crippen LogP contribution in [0.2, 0.25) is 0 Å². The summed E-state index contributed by atoms with van der Waals surface area (Å²) in [7, 11) is 0. The average molecular weight is 318 g/mol. The minimum atomic E-state index is 0.720. The third kappa shape index (κ3) is 3.57. The van der Waals surface area contributed by atoms with Gasteiger partial charge in [-0.25, -0.2) is 0 Å². The van der Waals surface area contributed by atoms with Gasteiger partial charge in [0, 0.05) is 36.4 Å². The van der Waals surface area contributed by atoms with E-state index in [1.54, 1.807) is 0 Å². The summed E-state index contributed by atoms with van der Waals surface area (Å²) in [5, 5.41) is 10.2. The molecule has 0 atom stereocenters. The predicted octanol–water partition coefficient (Wildman–Crippen LogP) is 4.28. The molecule has 0 aliphatic heterocycles. The third-order valence-corrected chi connectivity index (χ3v) is 4.41. The van der Waals surface area contributed by atoms with Crippen molar-refractivity contribution in [3.8, 4) is 6.07 Å². The Labute approximate surface area is 142 Å². The summed E-state index contributed by atoms with van der Waals surface area (Å²) in [5.41, 5.74) is 4.31. The molecule has 122 valence electrons. The highest BCUT2D eigenvalue weighted by atomic mass is 15.1. The molecule has 0 amide bonds. The number of aryl methyl sites for hydroxylation is 1. The number of anilines is 1. The lowest BCUT2D eigenvalue weighted by atomic mass is 10.1. The number of unbranched alkanes of at least 4 members (excludes halogenated alkanes) is 1. The van der Waals surface area contributed by atoms with Crippen molar-refractivity contribution in [3.05, 3.63) is 60.0 Å². The van der Waals surface area contributed by atoms with Crippen LogP contribution < -0.4 is 4.90 Å². The van der Waals surface area contributed by atoms with Crippen LogP contribution in [0.15, 0.2) is 48.9 Å². The van der Waals surface area contributed by atoms with E-state index in [4.69, 9.17) is 5.26 Å². The SMILES string of the molecule is CCN(CCCCc1c[nH]c2ccc(C#N)cc12)c1cccnc1. The van der Waals surface area contributed by atoms with E-state index in [-0.39, 0.29) is 0 Å². The summed E-state index contributed by atoms with van der Waals surface area (Å²) < 4.78 is 0. The number of fused-ring (bicyclic) bond motifs is 1. The van der Waals surface area contributed by atoms with Gasteiger partial charge < -0.3 is 9.88 Å². The number of pyridine rings is 1. The molecule has 3 rings (SSSR count). The van der Waals surface area contributed by atoms with Gasteiger partial charge in [0.1, 0.15) is 0 Å². The van der Waals surface area contributed by atoms with Gasteiger partial charge in [0.2, 0.25) is 0 Å². The average Bonchev–Trinajstić information content (AvgIpc) is 3.04. The van der Waals surface area contributed by atoms with Crippen LogP contribution in [0, 0.1) is 11.3 Å². The summed E-state index contributed by atoms with van der Waals surface area (Å²) in [5.74, 6) is 0. The van der Waals surface area contributed by atoms with Gasteiger partial charge in [0.25, 0.3) is 0 Å². The Bertz CT molecular complexity index is 830. The molecule has 0 bridgehead atoms. The van der Waals surface area contributed by atoms with Crippen molar-refractivity contribution in [3.63, 3.8) is 0 Å². The van der Waals surface area contributed by atoms with Crippen molar-refractivity contribution in [2.45, 2.75) is 26.2 Å². The first-order valence-electron chi connectivity index (χ1n) is 8.47. The number of hydrogen-bond acceptors (Lipinski definition) is 3. The fourth-order valence-electron chi connectivity index (χ4n) is 3.08. The molecule has 4 heteroatoms. The molecule has 0 saturated heterocycles. The molecule has 2 aromatic heterocycles. The van der Waals surface area contributed by atoms with E-state index in [9.17, 15) is 0 Å². The molecule has 0 fully saturated rings. The lowest BCUT2D eigenvalue weighted by Gasteiger charge is -2.22. The van der Waals surface area contributed by atoms with Crippen molar-refractivity contribution >= 4 is 16.6 Å². The Morgan fingerprint density at radius 3 is 2.92 bits per heavy atom. The van der Waals surface area contributed by atoms with Gasteiger partial charge >= 0.3 is 0 Å². The molecule has 1 N–H and O–H groups in total. The third-order valence-electron chi connectivity index (χ3n) is 4.41. The quantitative estimate of drug-likeness (QED) is 0.661. The van der Waals surface area contributed by atoms with Gasteiger partial charge in [-0.15, -0.1) is 0 Å². The lowest BCUT2D eigenvalue weighted by Crippen LogP contribution is -2.24. The molecule has 0 radical (unpaired) electrons. The number of aromatic nitrogens is 2. The molecule has 2 heterocycles. The van der Waals surface area contributed by atoms with E-state index in [0.717, 1.165) is 43.4 Å². The fraction of sp³-hybridized carbons (Fsp3) is 0.300. The molecule has 4 nitrogen and oxygen atoms in total. The van der Waals surface area contributed by atoms with Crippen LogP contribution in [0.1, 0.15) is 30.9 Å². The van der Waals surface area contributed by atoms with Gasteiger partial charge in [-0.2, -0.15) is 5.26 Å². The zero-order valence-electron chi connectivity index (χ0n) is 14.0. The lowest BCUT2D eigenvalue weighted by molar-refractivity contribution is 0.697. The van der Waals surface area contributed by atoms with Crippen LogP contribution in [0.4, 0.5) is 5.69 Å². The second-order valence-corrected chi connectivity index (χ2v) is 5.93. The van der Waals surface area contributed by atoms with Crippen molar-refractivity contribution in [2.24, 2.45) is 0 Å². The highest BCUT2D eigenvalue weighted by Crippen LogP contribution is 2.21. The predicted molar refractivity (Wildman–Crippen MR) is 98.1 cm³/mol. The maximum absolute atomic E-state index is 9.07. The number of benzene rings is 1. The van der Waals surface area contributed by atoms with E-state index in [2.05, 4.69) is 40.1 Å². The zero-order valence-corrected chi connectivity index (χ0v) is 14.0. The normalized spacial score (nSPS) is 10.7. The van der Waals surface area contributed by atoms with Crippen LogP contribution in [0.3, 0.4) is 0 Å². The molecule has 0 saturated carbocycles. The summed E-state index contributed by atoms with van der Waals surface area (Å²) in [6.45, 7) is 4.20. The highest BCUT2D eigenvalue weighted by Gasteiger charge is 2.07. The minimum Gasteiger partial charge on any atom is -0.371 e. The van der Waals surface area contributed by atoms with E-state index in [1.807, 2.05) is 36.7 Å². The number of nitrogens with zero attached hydrogens (tertiary/aromatic N) is 3. The van der Waals surface area contributed by atoms with Crippen LogP contribution in [0.25, 0.3) is 10.9 Å². The molecule has 3 aromatic rings. The summed E-state index contributed by atoms with van der Waals surface area (Å²) in [4.78, 5) is 9.86. The smallest absolute Gasteiger partial charge is 0.0991 e. The summed E-state index contributed by atoms with van der Waals surface area (Å²) >= 11 is 0. The molecule has 0 aliphatic rings. The van der Waals surface area contributed by atoms with E-state index < -0.39 is 0 Å². The first-order valence-corrected chi connectivity index (χ1v) is 8.47. The van der Waals surface area contributed by atoms with Crippen molar-refractivity contribution in [1.29, 1.82) is 5.26 Å². The zero-order chi connectivity index (χ0) is 16.8. The van der Waals surface area contributed by atoms with Crippen molar-refractivity contribution in [1.82, 2.24) is 9.97 Å². The van der Waals surface area contributed by atoms with Crippen LogP contribution in [-0.4, -0.2) is 23.1 Å². The Hall–Kier alpha value is -2.80. The molecule has 0 unspecified atom stereocenters. The second-order valence-electron chi connectivity index (χ2n) is 5.93. The number of nitriles is 1. The minimum absolute atomic E-state index is 0.720. The number of nitrogens with one attached hydrogen (secondary N) is 1. The van der Waals surface area contributed by atoms with Gasteiger partial charge in [-0.1, -0.05) is 0 Å². The number of rotatable bonds is 7. The first kappa shape index (κ1) is 16.1. The number of H-pyrrole nitrogens is 1. The first-order chi connectivity index (χ1) is 11.8. The topological polar surface area (TPSA) is 55.7 Å². The highest BCUT2D eigenvalue weighted by molar-refractivity contribution is 5.84. The molecule has 0 spiro atoms.